The highest BCUT2D eigenvalue weighted by atomic mass is 16.1. The van der Waals surface area contributed by atoms with Gasteiger partial charge in [0.25, 0.3) is 0 Å². The molecule has 3 unspecified atom stereocenters. The van der Waals surface area contributed by atoms with Crippen LogP contribution in [-0.2, 0) is 4.79 Å². The van der Waals surface area contributed by atoms with Crippen molar-refractivity contribution in [2.75, 3.05) is 26.2 Å². The van der Waals surface area contributed by atoms with E-state index < -0.39 is 5.54 Å². The molecule has 2 aliphatic rings. The van der Waals surface area contributed by atoms with Crippen molar-refractivity contribution in [3.8, 4) is 0 Å². The van der Waals surface area contributed by atoms with E-state index >= 15 is 0 Å². The van der Waals surface area contributed by atoms with E-state index in [9.17, 15) is 4.79 Å². The fraction of sp³-hybridized carbons (Fsp3) is 0.938. The Bertz CT molecular complexity index is 334. The Labute approximate surface area is 123 Å². The van der Waals surface area contributed by atoms with Crippen molar-refractivity contribution in [1.29, 1.82) is 0 Å². The average molecular weight is 281 g/mol. The molecule has 4 nitrogen and oxygen atoms in total. The molecule has 2 fully saturated rings. The molecule has 3 N–H and O–H groups in total. The highest BCUT2D eigenvalue weighted by molar-refractivity contribution is 5.85. The predicted molar refractivity (Wildman–Crippen MR) is 82.4 cm³/mol. The quantitative estimate of drug-likeness (QED) is 0.747. The fourth-order valence-corrected chi connectivity index (χ4v) is 4.03. The molecular formula is C16H31N3O. The summed E-state index contributed by atoms with van der Waals surface area (Å²) in [6.07, 6.45) is 6.66. The summed E-state index contributed by atoms with van der Waals surface area (Å²) >= 11 is 0. The number of nitrogens with one attached hydrogen (secondary N) is 1. The van der Waals surface area contributed by atoms with Crippen LogP contribution in [0.1, 0.15) is 52.4 Å². The minimum Gasteiger partial charge on any atom is -0.368 e. The molecule has 0 radical (unpaired) electrons. The van der Waals surface area contributed by atoms with Crippen LogP contribution in [0.2, 0.25) is 0 Å². The molecule has 2 rings (SSSR count). The van der Waals surface area contributed by atoms with Crippen molar-refractivity contribution in [3.63, 3.8) is 0 Å². The van der Waals surface area contributed by atoms with Crippen LogP contribution in [0.15, 0.2) is 0 Å². The average Bonchev–Trinajstić information content (AvgIpc) is 3.01. The number of primary amides is 1. The van der Waals surface area contributed by atoms with Gasteiger partial charge in [-0.25, -0.2) is 0 Å². The standard InChI is InChI=1S/C16H31N3O/c1-3-9-18-16(15(17)20)8-4-5-14(16)7-11-19-10-6-13(2)12-19/h13-14,18H,3-12H2,1-2H3,(H2,17,20). The zero-order valence-corrected chi connectivity index (χ0v) is 13.2. The second kappa shape index (κ2) is 6.90. The molecule has 4 heteroatoms. The molecule has 3 atom stereocenters. The largest absolute Gasteiger partial charge is 0.368 e. The highest BCUT2D eigenvalue weighted by Crippen LogP contribution is 2.38. The Morgan fingerprint density at radius 3 is 2.85 bits per heavy atom. The first kappa shape index (κ1) is 15.8. The van der Waals surface area contributed by atoms with Crippen LogP contribution in [0.4, 0.5) is 0 Å². The van der Waals surface area contributed by atoms with E-state index in [1.54, 1.807) is 0 Å². The lowest BCUT2D eigenvalue weighted by molar-refractivity contribution is -0.126. The summed E-state index contributed by atoms with van der Waals surface area (Å²) in [6, 6.07) is 0. The van der Waals surface area contributed by atoms with Gasteiger partial charge in [-0.2, -0.15) is 0 Å². The van der Waals surface area contributed by atoms with Gasteiger partial charge in [0.1, 0.15) is 5.54 Å². The maximum Gasteiger partial charge on any atom is 0.238 e. The number of carbonyl (C=O) groups is 1. The van der Waals surface area contributed by atoms with Gasteiger partial charge in [0.05, 0.1) is 0 Å². The van der Waals surface area contributed by atoms with Crippen molar-refractivity contribution in [1.82, 2.24) is 10.2 Å². The number of carbonyl (C=O) groups excluding carboxylic acids is 1. The van der Waals surface area contributed by atoms with Gasteiger partial charge in [-0.1, -0.05) is 20.3 Å². The van der Waals surface area contributed by atoms with Crippen LogP contribution >= 0.6 is 0 Å². The van der Waals surface area contributed by atoms with E-state index in [1.807, 2.05) is 0 Å². The molecule has 1 saturated heterocycles. The molecule has 1 amide bonds. The van der Waals surface area contributed by atoms with Gasteiger partial charge in [-0.3, -0.25) is 4.79 Å². The summed E-state index contributed by atoms with van der Waals surface area (Å²) in [4.78, 5) is 14.6. The summed E-state index contributed by atoms with van der Waals surface area (Å²) < 4.78 is 0. The van der Waals surface area contributed by atoms with Gasteiger partial charge < -0.3 is 16.0 Å². The highest BCUT2D eigenvalue weighted by Gasteiger charge is 2.46. The van der Waals surface area contributed by atoms with Gasteiger partial charge >= 0.3 is 0 Å². The lowest BCUT2D eigenvalue weighted by atomic mass is 9.83. The Morgan fingerprint density at radius 2 is 2.25 bits per heavy atom. The van der Waals surface area contributed by atoms with Gasteiger partial charge in [0.2, 0.25) is 5.91 Å². The third kappa shape index (κ3) is 3.34. The molecule has 0 aromatic carbocycles. The lowest BCUT2D eigenvalue weighted by Gasteiger charge is -2.34. The Kier molecular flexibility index (Phi) is 5.44. The Balaban J connectivity index is 1.92. The summed E-state index contributed by atoms with van der Waals surface area (Å²) in [5.74, 6) is 1.11. The van der Waals surface area contributed by atoms with E-state index in [0.29, 0.717) is 5.92 Å². The van der Waals surface area contributed by atoms with E-state index in [1.165, 1.54) is 19.5 Å². The van der Waals surface area contributed by atoms with Gasteiger partial charge in [0.15, 0.2) is 0 Å². The lowest BCUT2D eigenvalue weighted by Crippen LogP contribution is -2.58. The predicted octanol–water partition coefficient (Wildman–Crippen LogP) is 1.74. The zero-order valence-electron chi connectivity index (χ0n) is 13.2. The number of hydrogen-bond acceptors (Lipinski definition) is 3. The van der Waals surface area contributed by atoms with Crippen molar-refractivity contribution in [2.45, 2.75) is 57.9 Å². The van der Waals surface area contributed by atoms with Gasteiger partial charge in [-0.05, 0) is 63.6 Å². The molecule has 116 valence electrons. The molecule has 1 saturated carbocycles. The Morgan fingerprint density at radius 1 is 1.45 bits per heavy atom. The van der Waals surface area contributed by atoms with Crippen LogP contribution in [0.25, 0.3) is 0 Å². The van der Waals surface area contributed by atoms with Crippen LogP contribution in [0.3, 0.4) is 0 Å². The van der Waals surface area contributed by atoms with Crippen LogP contribution < -0.4 is 11.1 Å². The maximum atomic E-state index is 12.0. The molecule has 0 aromatic heterocycles. The first-order valence-corrected chi connectivity index (χ1v) is 8.35. The first-order chi connectivity index (χ1) is 9.58. The molecule has 20 heavy (non-hydrogen) atoms. The number of nitrogens with zero attached hydrogens (tertiary/aromatic N) is 1. The number of likely N-dealkylation sites (tertiary alicyclic amines) is 1. The maximum absolute atomic E-state index is 12.0. The minimum atomic E-state index is -0.429. The zero-order chi connectivity index (χ0) is 14.6. The topological polar surface area (TPSA) is 58.4 Å². The molecule has 0 aromatic rings. The fourth-order valence-electron chi connectivity index (χ4n) is 4.03. The van der Waals surface area contributed by atoms with Crippen LogP contribution in [0, 0.1) is 11.8 Å². The Hall–Kier alpha value is -0.610. The molecular weight excluding hydrogens is 250 g/mol. The van der Waals surface area contributed by atoms with Gasteiger partial charge in [-0.15, -0.1) is 0 Å². The normalized spacial score (nSPS) is 34.7. The molecule has 1 aliphatic heterocycles. The monoisotopic (exact) mass is 281 g/mol. The summed E-state index contributed by atoms with van der Waals surface area (Å²) in [5, 5.41) is 3.49. The van der Waals surface area contributed by atoms with Crippen molar-refractivity contribution in [3.05, 3.63) is 0 Å². The summed E-state index contributed by atoms with van der Waals surface area (Å²) in [6.45, 7) is 8.92. The number of rotatable bonds is 7. The first-order valence-electron chi connectivity index (χ1n) is 8.35. The SMILES string of the molecule is CCCNC1(C(N)=O)CCCC1CCN1CCC(C)C1. The van der Waals surface area contributed by atoms with E-state index in [0.717, 1.165) is 51.1 Å². The smallest absolute Gasteiger partial charge is 0.238 e. The van der Waals surface area contributed by atoms with E-state index in [-0.39, 0.29) is 5.91 Å². The third-order valence-corrected chi connectivity index (χ3v) is 5.25. The van der Waals surface area contributed by atoms with Gasteiger partial charge in [0, 0.05) is 6.54 Å². The number of hydrogen-bond donors (Lipinski definition) is 2. The summed E-state index contributed by atoms with van der Waals surface area (Å²) in [7, 11) is 0. The summed E-state index contributed by atoms with van der Waals surface area (Å²) in [5.41, 5.74) is 5.33. The molecule has 0 bridgehead atoms. The van der Waals surface area contributed by atoms with Crippen LogP contribution in [-0.4, -0.2) is 42.5 Å². The minimum absolute atomic E-state index is 0.136. The van der Waals surface area contributed by atoms with Crippen molar-refractivity contribution in [2.24, 2.45) is 17.6 Å². The van der Waals surface area contributed by atoms with Crippen molar-refractivity contribution >= 4 is 5.91 Å². The van der Waals surface area contributed by atoms with Crippen molar-refractivity contribution < 1.29 is 4.79 Å². The second-order valence-corrected chi connectivity index (χ2v) is 6.83. The third-order valence-electron chi connectivity index (χ3n) is 5.25. The molecule has 1 heterocycles. The molecule has 0 spiro atoms. The second-order valence-electron chi connectivity index (χ2n) is 6.83. The van der Waals surface area contributed by atoms with Crippen LogP contribution in [0.5, 0.6) is 0 Å². The van der Waals surface area contributed by atoms with E-state index in [2.05, 4.69) is 24.1 Å². The number of nitrogens with two attached hydrogens (primary N) is 1. The number of amides is 1. The molecule has 1 aliphatic carbocycles. The van der Waals surface area contributed by atoms with E-state index in [4.69, 9.17) is 5.73 Å².